The molecule has 1 N–H and O–H groups in total. The van der Waals surface area contributed by atoms with Crippen molar-refractivity contribution in [3.8, 4) is 16.9 Å². The number of halogens is 3. The second kappa shape index (κ2) is 11.1. The van der Waals surface area contributed by atoms with Crippen LogP contribution in [0.15, 0.2) is 41.3 Å². The van der Waals surface area contributed by atoms with Crippen molar-refractivity contribution in [2.24, 2.45) is 0 Å². The lowest BCUT2D eigenvalue weighted by Crippen LogP contribution is -2.16. The van der Waals surface area contributed by atoms with E-state index in [9.17, 15) is 18.0 Å². The predicted molar refractivity (Wildman–Crippen MR) is 129 cm³/mol. The Kier molecular flexibility index (Phi) is 8.95. The summed E-state index contributed by atoms with van der Waals surface area (Å²) < 4.78 is 43.9. The van der Waals surface area contributed by atoms with E-state index in [4.69, 9.17) is 9.84 Å². The summed E-state index contributed by atoms with van der Waals surface area (Å²) in [5.74, 6) is -0.406. The minimum Gasteiger partial charge on any atom is -0.493 e. The fourth-order valence-electron chi connectivity index (χ4n) is 3.37. The summed E-state index contributed by atoms with van der Waals surface area (Å²) >= 11 is 1.51. The normalized spacial score (nSPS) is 13.0. The molecule has 0 radical (unpaired) electrons. The van der Waals surface area contributed by atoms with E-state index in [0.717, 1.165) is 39.6 Å². The standard InChI is InChI=1S/C26H31F3O3S/c1-6-18-15-20(19-10-13-33-22(19)9-8-17(2)14-23(30)31)24(21(16-18)25(3,4)5)32-12-7-11-26(27,28)29/h8-10,13-16H,6-7,11-12H2,1-5H3,(H,30,31). The Morgan fingerprint density at radius 3 is 2.45 bits per heavy atom. The Bertz CT molecular complexity index is 1020. The Hall–Kier alpha value is -2.54. The lowest BCUT2D eigenvalue weighted by atomic mass is 9.82. The van der Waals surface area contributed by atoms with E-state index < -0.39 is 18.6 Å². The first kappa shape index (κ1) is 26.7. The maximum atomic E-state index is 12.6. The molecule has 180 valence electrons. The molecule has 1 aromatic carbocycles. The molecule has 0 aliphatic rings. The molecule has 0 amide bonds. The van der Waals surface area contributed by atoms with Crippen molar-refractivity contribution in [2.45, 2.75) is 65.5 Å². The maximum Gasteiger partial charge on any atom is 0.389 e. The van der Waals surface area contributed by atoms with Gasteiger partial charge in [0.2, 0.25) is 0 Å². The summed E-state index contributed by atoms with van der Waals surface area (Å²) in [4.78, 5) is 11.8. The highest BCUT2D eigenvalue weighted by Gasteiger charge is 2.27. The van der Waals surface area contributed by atoms with Crippen LogP contribution in [0.25, 0.3) is 17.2 Å². The third kappa shape index (κ3) is 8.07. The van der Waals surface area contributed by atoms with Crippen molar-refractivity contribution < 1.29 is 27.8 Å². The number of hydrogen-bond donors (Lipinski definition) is 1. The molecule has 0 unspecified atom stereocenters. The topological polar surface area (TPSA) is 46.5 Å². The predicted octanol–water partition coefficient (Wildman–Crippen LogP) is 8.04. The van der Waals surface area contributed by atoms with Gasteiger partial charge in [-0.2, -0.15) is 13.2 Å². The number of carbonyl (C=O) groups is 1. The smallest absolute Gasteiger partial charge is 0.389 e. The molecule has 0 aliphatic heterocycles. The van der Waals surface area contributed by atoms with E-state index in [1.807, 2.05) is 23.6 Å². The molecule has 0 bridgehead atoms. The van der Waals surface area contributed by atoms with Crippen LogP contribution >= 0.6 is 11.3 Å². The lowest BCUT2D eigenvalue weighted by molar-refractivity contribution is -0.136. The van der Waals surface area contributed by atoms with Gasteiger partial charge in [0.25, 0.3) is 0 Å². The van der Waals surface area contributed by atoms with Gasteiger partial charge in [0.15, 0.2) is 0 Å². The fraction of sp³-hybridized carbons (Fsp3) is 0.423. The molecule has 2 rings (SSSR count). The molecule has 1 aromatic heterocycles. The van der Waals surface area contributed by atoms with Gasteiger partial charge in [-0.25, -0.2) is 4.79 Å². The van der Waals surface area contributed by atoms with Crippen molar-refractivity contribution in [1.82, 2.24) is 0 Å². The van der Waals surface area contributed by atoms with Crippen LogP contribution in [0.5, 0.6) is 5.75 Å². The van der Waals surface area contributed by atoms with Crippen LogP contribution in [0.1, 0.15) is 63.5 Å². The molecular formula is C26H31F3O3S. The van der Waals surface area contributed by atoms with Crippen LogP contribution in [-0.4, -0.2) is 23.9 Å². The number of benzene rings is 1. The van der Waals surface area contributed by atoms with Gasteiger partial charge in [-0.3, -0.25) is 0 Å². The van der Waals surface area contributed by atoms with E-state index in [1.54, 1.807) is 13.0 Å². The van der Waals surface area contributed by atoms with Crippen molar-refractivity contribution in [1.29, 1.82) is 0 Å². The van der Waals surface area contributed by atoms with Gasteiger partial charge in [0.1, 0.15) is 5.75 Å². The number of aliphatic carboxylic acids is 1. The van der Waals surface area contributed by atoms with Gasteiger partial charge in [0.05, 0.1) is 6.61 Å². The summed E-state index contributed by atoms with van der Waals surface area (Å²) in [5, 5.41) is 10.9. The number of alkyl halides is 3. The molecule has 33 heavy (non-hydrogen) atoms. The second-order valence-electron chi connectivity index (χ2n) is 8.95. The average Bonchev–Trinajstić information content (AvgIpc) is 3.15. The number of rotatable bonds is 9. The molecule has 0 saturated heterocycles. The van der Waals surface area contributed by atoms with E-state index in [0.29, 0.717) is 11.3 Å². The average molecular weight is 481 g/mol. The van der Waals surface area contributed by atoms with Crippen LogP contribution in [0.3, 0.4) is 0 Å². The van der Waals surface area contributed by atoms with E-state index in [1.165, 1.54) is 11.3 Å². The SMILES string of the molecule is CCc1cc(-c2ccsc2C=CC(C)=CC(=O)O)c(OCCCC(F)(F)F)c(C(C)(C)C)c1. The minimum atomic E-state index is -4.21. The molecule has 2 aromatic rings. The van der Waals surface area contributed by atoms with Crippen LogP contribution in [0.2, 0.25) is 0 Å². The van der Waals surface area contributed by atoms with Gasteiger partial charge in [0, 0.05) is 34.1 Å². The fourth-order valence-corrected chi connectivity index (χ4v) is 4.18. The molecule has 0 spiro atoms. The zero-order valence-electron chi connectivity index (χ0n) is 19.7. The zero-order chi connectivity index (χ0) is 24.8. The van der Waals surface area contributed by atoms with Gasteiger partial charge in [-0.05, 0) is 59.9 Å². The molecule has 0 fully saturated rings. The first-order valence-corrected chi connectivity index (χ1v) is 11.7. The lowest BCUT2D eigenvalue weighted by Gasteiger charge is -2.26. The van der Waals surface area contributed by atoms with Crippen molar-refractivity contribution >= 4 is 23.4 Å². The molecule has 3 nitrogen and oxygen atoms in total. The number of ether oxygens (including phenoxy) is 1. The van der Waals surface area contributed by atoms with Crippen molar-refractivity contribution in [3.05, 3.63) is 57.3 Å². The Morgan fingerprint density at radius 1 is 1.18 bits per heavy atom. The van der Waals surface area contributed by atoms with E-state index in [-0.39, 0.29) is 18.4 Å². The number of thiophene rings is 1. The van der Waals surface area contributed by atoms with E-state index >= 15 is 0 Å². The van der Waals surface area contributed by atoms with Crippen molar-refractivity contribution in [2.75, 3.05) is 6.61 Å². The number of carboxylic acid groups (broad SMARTS) is 1. The van der Waals surface area contributed by atoms with Gasteiger partial charge >= 0.3 is 12.1 Å². The van der Waals surface area contributed by atoms with Crippen LogP contribution in [-0.2, 0) is 16.6 Å². The largest absolute Gasteiger partial charge is 0.493 e. The van der Waals surface area contributed by atoms with Gasteiger partial charge in [-0.1, -0.05) is 39.8 Å². The summed E-state index contributed by atoms with van der Waals surface area (Å²) in [6.07, 6.45) is 0.324. The monoisotopic (exact) mass is 480 g/mol. The van der Waals surface area contributed by atoms with Crippen molar-refractivity contribution in [3.63, 3.8) is 0 Å². The third-order valence-corrected chi connectivity index (χ3v) is 5.93. The number of hydrogen-bond acceptors (Lipinski definition) is 3. The quantitative estimate of drug-likeness (QED) is 0.224. The number of allylic oxidation sites excluding steroid dienone is 2. The highest BCUT2D eigenvalue weighted by atomic mass is 32.1. The highest BCUT2D eigenvalue weighted by Crippen LogP contribution is 2.43. The summed E-state index contributed by atoms with van der Waals surface area (Å²) in [6.45, 7) is 9.91. The van der Waals surface area contributed by atoms with Gasteiger partial charge in [-0.15, -0.1) is 11.3 Å². The van der Waals surface area contributed by atoms with Crippen LogP contribution in [0, 0.1) is 0 Å². The zero-order valence-corrected chi connectivity index (χ0v) is 20.5. The summed E-state index contributed by atoms with van der Waals surface area (Å²) in [6, 6.07) is 6.07. The summed E-state index contributed by atoms with van der Waals surface area (Å²) in [7, 11) is 0. The third-order valence-electron chi connectivity index (χ3n) is 5.05. The minimum absolute atomic E-state index is 0.0309. The highest BCUT2D eigenvalue weighted by molar-refractivity contribution is 7.11. The van der Waals surface area contributed by atoms with Crippen LogP contribution in [0.4, 0.5) is 13.2 Å². The number of carboxylic acids is 1. The Labute approximate surface area is 197 Å². The molecular weight excluding hydrogens is 449 g/mol. The second-order valence-corrected chi connectivity index (χ2v) is 9.90. The number of aryl methyl sites for hydroxylation is 1. The molecule has 0 saturated carbocycles. The summed E-state index contributed by atoms with van der Waals surface area (Å²) in [5.41, 5.74) is 4.14. The molecule has 0 atom stereocenters. The molecule has 7 heteroatoms. The van der Waals surface area contributed by atoms with Crippen LogP contribution < -0.4 is 4.74 Å². The maximum absolute atomic E-state index is 12.6. The first-order valence-electron chi connectivity index (χ1n) is 10.9. The molecule has 0 aliphatic carbocycles. The Balaban J connectivity index is 2.55. The first-order chi connectivity index (χ1) is 15.3. The van der Waals surface area contributed by atoms with E-state index in [2.05, 4.69) is 33.8 Å². The molecule has 1 heterocycles. The van der Waals surface area contributed by atoms with Gasteiger partial charge < -0.3 is 9.84 Å². The Morgan fingerprint density at radius 2 is 1.88 bits per heavy atom.